The molecule has 1 aromatic heterocycles. The summed E-state index contributed by atoms with van der Waals surface area (Å²) < 4.78 is 12.3. The predicted molar refractivity (Wildman–Crippen MR) is 108 cm³/mol. The fraction of sp³-hybridized carbons (Fsp3) is 0.250. The molecule has 1 amide bonds. The van der Waals surface area contributed by atoms with Crippen molar-refractivity contribution in [3.63, 3.8) is 0 Å². The van der Waals surface area contributed by atoms with E-state index in [4.69, 9.17) is 9.47 Å². The molecule has 0 spiro atoms. The summed E-state index contributed by atoms with van der Waals surface area (Å²) >= 11 is 1.34. The number of methoxy groups -OCH3 is 2. The minimum atomic E-state index is -0.0725. The maximum atomic E-state index is 12.3. The molecular weight excluding hydrogens is 376 g/mol. The second-order valence-corrected chi connectivity index (χ2v) is 6.86. The lowest BCUT2D eigenvalue weighted by atomic mass is 10.2. The number of amides is 1. The first-order chi connectivity index (χ1) is 13.7. The smallest absolute Gasteiger partial charge is 0.230 e. The molecular formula is C20H22N4O3S. The molecule has 7 nitrogen and oxygen atoms in total. The van der Waals surface area contributed by atoms with Crippen LogP contribution in [0.2, 0.25) is 0 Å². The fourth-order valence-corrected chi connectivity index (χ4v) is 3.38. The van der Waals surface area contributed by atoms with Crippen LogP contribution in [-0.2, 0) is 22.7 Å². The molecule has 0 atom stereocenters. The van der Waals surface area contributed by atoms with Crippen molar-refractivity contribution in [2.75, 3.05) is 20.0 Å². The molecule has 8 heteroatoms. The molecule has 0 aliphatic carbocycles. The van der Waals surface area contributed by atoms with E-state index in [0.29, 0.717) is 24.1 Å². The van der Waals surface area contributed by atoms with E-state index >= 15 is 0 Å². The lowest BCUT2D eigenvalue weighted by molar-refractivity contribution is -0.118. The first-order valence-electron chi connectivity index (χ1n) is 8.72. The quantitative estimate of drug-likeness (QED) is 0.559. The summed E-state index contributed by atoms with van der Waals surface area (Å²) in [5, 5.41) is 12.0. The highest BCUT2D eigenvalue weighted by Crippen LogP contribution is 2.22. The summed E-state index contributed by atoms with van der Waals surface area (Å²) in [4.78, 5) is 12.3. The van der Waals surface area contributed by atoms with Crippen molar-refractivity contribution in [2.24, 2.45) is 0 Å². The van der Waals surface area contributed by atoms with Gasteiger partial charge >= 0.3 is 0 Å². The Balaban J connectivity index is 1.61. The number of rotatable bonds is 9. The van der Waals surface area contributed by atoms with E-state index in [2.05, 4.69) is 15.5 Å². The number of carbonyl (C=O) groups excluding carboxylic acids is 1. The summed E-state index contributed by atoms with van der Waals surface area (Å²) in [5.41, 5.74) is 1.94. The van der Waals surface area contributed by atoms with Crippen LogP contribution >= 0.6 is 11.8 Å². The van der Waals surface area contributed by atoms with Crippen LogP contribution in [0, 0.1) is 0 Å². The van der Waals surface area contributed by atoms with Crippen LogP contribution in [0.1, 0.15) is 11.4 Å². The van der Waals surface area contributed by atoms with Crippen molar-refractivity contribution < 1.29 is 14.3 Å². The standard InChI is InChI=1S/C20H22N4O3S/c1-26-13-18-22-23-20(24(18)16-6-4-3-5-7-16)28-14-19(25)21-12-15-8-10-17(27-2)11-9-15/h3-11H,12-14H2,1-2H3,(H,21,25). The second kappa shape index (κ2) is 9.91. The summed E-state index contributed by atoms with van der Waals surface area (Å²) in [5.74, 6) is 1.65. The highest BCUT2D eigenvalue weighted by Gasteiger charge is 2.15. The van der Waals surface area contributed by atoms with Crippen molar-refractivity contribution in [1.82, 2.24) is 20.1 Å². The monoisotopic (exact) mass is 398 g/mol. The van der Waals surface area contributed by atoms with Crippen LogP contribution in [-0.4, -0.2) is 40.6 Å². The van der Waals surface area contributed by atoms with Crippen molar-refractivity contribution in [3.8, 4) is 11.4 Å². The number of carbonyl (C=O) groups is 1. The normalized spacial score (nSPS) is 10.6. The maximum Gasteiger partial charge on any atom is 0.230 e. The van der Waals surface area contributed by atoms with Gasteiger partial charge in [0.25, 0.3) is 0 Å². The van der Waals surface area contributed by atoms with Crippen molar-refractivity contribution in [3.05, 3.63) is 66.0 Å². The SMILES string of the molecule is COCc1nnc(SCC(=O)NCc2ccc(OC)cc2)n1-c1ccccc1. The average molecular weight is 398 g/mol. The van der Waals surface area contributed by atoms with Crippen LogP contribution in [0.15, 0.2) is 59.8 Å². The van der Waals surface area contributed by atoms with E-state index in [1.54, 1.807) is 14.2 Å². The molecule has 0 unspecified atom stereocenters. The molecule has 0 fully saturated rings. The van der Waals surface area contributed by atoms with Gasteiger partial charge in [-0.2, -0.15) is 0 Å². The molecule has 28 heavy (non-hydrogen) atoms. The molecule has 1 heterocycles. The van der Waals surface area contributed by atoms with Crippen LogP contribution in [0.4, 0.5) is 0 Å². The lowest BCUT2D eigenvalue weighted by Gasteiger charge is -2.10. The fourth-order valence-electron chi connectivity index (χ4n) is 2.58. The highest BCUT2D eigenvalue weighted by atomic mass is 32.2. The number of nitrogens with zero attached hydrogens (tertiary/aromatic N) is 3. The molecule has 0 aliphatic heterocycles. The van der Waals surface area contributed by atoms with Gasteiger partial charge in [0.15, 0.2) is 11.0 Å². The van der Waals surface area contributed by atoms with E-state index in [1.807, 2.05) is 59.2 Å². The van der Waals surface area contributed by atoms with Crippen LogP contribution in [0.25, 0.3) is 5.69 Å². The van der Waals surface area contributed by atoms with Crippen LogP contribution < -0.4 is 10.1 Å². The van der Waals surface area contributed by atoms with Gasteiger partial charge in [-0.3, -0.25) is 9.36 Å². The number of thioether (sulfide) groups is 1. The molecule has 146 valence electrons. The number of aromatic nitrogens is 3. The lowest BCUT2D eigenvalue weighted by Crippen LogP contribution is -2.24. The molecule has 0 saturated heterocycles. The minimum absolute atomic E-state index is 0.0725. The van der Waals surface area contributed by atoms with Gasteiger partial charge in [0.05, 0.1) is 12.9 Å². The van der Waals surface area contributed by atoms with Gasteiger partial charge in [-0.1, -0.05) is 42.1 Å². The molecule has 0 aliphatic rings. The zero-order chi connectivity index (χ0) is 19.8. The highest BCUT2D eigenvalue weighted by molar-refractivity contribution is 7.99. The molecule has 0 bridgehead atoms. The third-order valence-corrected chi connectivity index (χ3v) is 4.90. The Labute approximate surface area is 168 Å². The van der Waals surface area contributed by atoms with Crippen molar-refractivity contribution in [2.45, 2.75) is 18.3 Å². The number of ether oxygens (including phenoxy) is 2. The number of benzene rings is 2. The maximum absolute atomic E-state index is 12.3. The Morgan fingerprint density at radius 3 is 2.50 bits per heavy atom. The van der Waals surface area contributed by atoms with Gasteiger partial charge in [-0.25, -0.2) is 0 Å². The van der Waals surface area contributed by atoms with E-state index in [9.17, 15) is 4.79 Å². The summed E-state index contributed by atoms with van der Waals surface area (Å²) in [6.07, 6.45) is 0. The minimum Gasteiger partial charge on any atom is -0.497 e. The Morgan fingerprint density at radius 1 is 1.07 bits per heavy atom. The largest absolute Gasteiger partial charge is 0.497 e. The molecule has 1 N–H and O–H groups in total. The first kappa shape index (κ1) is 19.9. The molecule has 3 rings (SSSR count). The van der Waals surface area contributed by atoms with E-state index in [0.717, 1.165) is 17.0 Å². The van der Waals surface area contributed by atoms with Crippen LogP contribution in [0.5, 0.6) is 5.75 Å². The zero-order valence-corrected chi connectivity index (χ0v) is 16.6. The molecule has 0 saturated carbocycles. The van der Waals surface area contributed by atoms with E-state index in [-0.39, 0.29) is 11.7 Å². The molecule has 0 radical (unpaired) electrons. The number of hydrogen-bond acceptors (Lipinski definition) is 6. The predicted octanol–water partition coefficient (Wildman–Crippen LogP) is 2.83. The van der Waals surface area contributed by atoms with Gasteiger partial charge < -0.3 is 14.8 Å². The number of nitrogens with one attached hydrogen (secondary N) is 1. The van der Waals surface area contributed by atoms with Gasteiger partial charge in [0.2, 0.25) is 5.91 Å². The summed E-state index contributed by atoms with van der Waals surface area (Å²) in [6, 6.07) is 17.4. The summed E-state index contributed by atoms with van der Waals surface area (Å²) in [6.45, 7) is 0.801. The molecule has 2 aromatic carbocycles. The Kier molecular flexibility index (Phi) is 7.05. The number of para-hydroxylation sites is 1. The van der Waals surface area contributed by atoms with Crippen molar-refractivity contribution >= 4 is 17.7 Å². The summed E-state index contributed by atoms with van der Waals surface area (Å²) in [7, 11) is 3.24. The molecule has 3 aromatic rings. The Bertz CT molecular complexity index is 898. The first-order valence-corrected chi connectivity index (χ1v) is 9.71. The van der Waals surface area contributed by atoms with Gasteiger partial charge in [0.1, 0.15) is 12.4 Å². The van der Waals surface area contributed by atoms with Gasteiger partial charge in [-0.15, -0.1) is 10.2 Å². The van der Waals surface area contributed by atoms with Crippen molar-refractivity contribution in [1.29, 1.82) is 0 Å². The number of hydrogen-bond donors (Lipinski definition) is 1. The zero-order valence-electron chi connectivity index (χ0n) is 15.8. The second-order valence-electron chi connectivity index (χ2n) is 5.92. The Hall–Kier alpha value is -2.84. The van der Waals surface area contributed by atoms with Gasteiger partial charge in [-0.05, 0) is 29.8 Å². The van der Waals surface area contributed by atoms with Gasteiger partial charge in [0, 0.05) is 19.3 Å². The van der Waals surface area contributed by atoms with Crippen LogP contribution in [0.3, 0.4) is 0 Å². The van der Waals surface area contributed by atoms with E-state index in [1.165, 1.54) is 11.8 Å². The third-order valence-electron chi connectivity index (χ3n) is 3.97. The average Bonchev–Trinajstić information content (AvgIpc) is 3.14. The van der Waals surface area contributed by atoms with E-state index < -0.39 is 0 Å². The third kappa shape index (κ3) is 5.11. The topological polar surface area (TPSA) is 78.3 Å². The Morgan fingerprint density at radius 2 is 1.82 bits per heavy atom.